The number of nitrogens with zero attached hydrogens (tertiary/aromatic N) is 6. The summed E-state index contributed by atoms with van der Waals surface area (Å²) in [6.45, 7) is 2.75. The molecule has 0 spiro atoms. The van der Waals surface area contributed by atoms with Crippen molar-refractivity contribution >= 4 is 20.9 Å². The maximum Gasteiger partial charge on any atom is 0.259 e. The number of aromatic amines is 1. The van der Waals surface area contributed by atoms with Crippen LogP contribution in [0.5, 0.6) is 0 Å². The van der Waals surface area contributed by atoms with Crippen molar-refractivity contribution in [1.82, 2.24) is 33.6 Å². The second-order valence-electron chi connectivity index (χ2n) is 7.09. The number of aryl methyl sites for hydroxylation is 2. The lowest BCUT2D eigenvalue weighted by Gasteiger charge is -2.26. The third-order valence-electron chi connectivity index (χ3n) is 5.19. The van der Waals surface area contributed by atoms with Gasteiger partial charge in [0.1, 0.15) is 23.0 Å². The van der Waals surface area contributed by atoms with Crippen molar-refractivity contribution in [2.45, 2.75) is 25.0 Å². The molecule has 4 aromatic rings. The number of halogens is 1. The highest BCUT2D eigenvalue weighted by molar-refractivity contribution is 7.89. The van der Waals surface area contributed by atoms with E-state index < -0.39 is 15.8 Å². The van der Waals surface area contributed by atoms with Crippen molar-refractivity contribution in [1.29, 1.82) is 0 Å². The number of nitrogens with one attached hydrogen (secondary N) is 1. The number of imidazole rings is 1. The number of H-pyrrole nitrogens is 1. The molecule has 0 amide bonds. The van der Waals surface area contributed by atoms with Gasteiger partial charge >= 0.3 is 0 Å². The van der Waals surface area contributed by atoms with Gasteiger partial charge in [-0.05, 0) is 24.6 Å². The summed E-state index contributed by atoms with van der Waals surface area (Å²) < 4.78 is 45.9. The molecule has 150 valence electrons. The van der Waals surface area contributed by atoms with E-state index in [2.05, 4.69) is 20.1 Å². The average Bonchev–Trinajstić information content (AvgIpc) is 3.40. The zero-order chi connectivity index (χ0) is 20.3. The van der Waals surface area contributed by atoms with Gasteiger partial charge in [0.05, 0.1) is 12.1 Å². The molecule has 5 rings (SSSR count). The molecule has 0 unspecified atom stereocenters. The maximum absolute atomic E-state index is 14.6. The highest BCUT2D eigenvalue weighted by Gasteiger charge is 2.31. The lowest BCUT2D eigenvalue weighted by atomic mass is 10.0. The van der Waals surface area contributed by atoms with Gasteiger partial charge < -0.3 is 9.55 Å². The van der Waals surface area contributed by atoms with Gasteiger partial charge in [0, 0.05) is 43.5 Å². The minimum absolute atomic E-state index is 0.0609. The minimum atomic E-state index is -3.86. The number of aromatic nitrogens is 6. The first-order valence-corrected chi connectivity index (χ1v) is 10.5. The Kier molecular flexibility index (Phi) is 3.87. The molecule has 3 aromatic heterocycles. The summed E-state index contributed by atoms with van der Waals surface area (Å²) in [5.74, 6) is 0.571. The monoisotopic (exact) mass is 415 g/mol. The lowest BCUT2D eigenvalue weighted by molar-refractivity contribution is 0.334. The molecular formula is C18H18FN7O2S. The van der Waals surface area contributed by atoms with E-state index in [-0.39, 0.29) is 17.1 Å². The summed E-state index contributed by atoms with van der Waals surface area (Å²) in [6.07, 6.45) is 5.02. The maximum atomic E-state index is 14.6. The van der Waals surface area contributed by atoms with E-state index in [0.717, 1.165) is 0 Å². The van der Waals surface area contributed by atoms with Crippen molar-refractivity contribution < 1.29 is 12.8 Å². The molecule has 11 heteroatoms. The fourth-order valence-corrected chi connectivity index (χ4v) is 5.13. The van der Waals surface area contributed by atoms with Crippen LogP contribution >= 0.6 is 0 Å². The Morgan fingerprint density at radius 2 is 2.03 bits per heavy atom. The van der Waals surface area contributed by atoms with Gasteiger partial charge in [-0.2, -0.15) is 9.40 Å². The first kappa shape index (κ1) is 18.0. The van der Waals surface area contributed by atoms with Crippen LogP contribution in [0.25, 0.3) is 22.3 Å². The molecule has 1 aromatic carbocycles. The van der Waals surface area contributed by atoms with E-state index >= 15 is 0 Å². The molecule has 0 bridgehead atoms. The predicted octanol–water partition coefficient (Wildman–Crippen LogP) is 1.81. The number of hydrogen-bond donors (Lipinski definition) is 1. The normalized spacial score (nSPS) is 15.1. The standard InChI is InChI=1S/C18H18FN7O2S/c1-11-7-13(19)17-12(16(11)18-21-10-24(2)23-18)8-15(22-17)29(27,28)26-6-5-25-4-3-20-14(25)9-26/h3-4,7-8,10,22H,5-6,9H2,1-2H3. The third kappa shape index (κ3) is 2.76. The van der Waals surface area contributed by atoms with Crippen molar-refractivity contribution in [3.8, 4) is 11.4 Å². The fourth-order valence-electron chi connectivity index (χ4n) is 3.75. The molecule has 9 nitrogen and oxygen atoms in total. The van der Waals surface area contributed by atoms with Gasteiger partial charge in [0.25, 0.3) is 10.0 Å². The van der Waals surface area contributed by atoms with E-state index in [1.165, 1.54) is 16.4 Å². The molecule has 1 N–H and O–H groups in total. The van der Waals surface area contributed by atoms with Crippen LogP contribution in [-0.2, 0) is 30.2 Å². The largest absolute Gasteiger partial charge is 0.342 e. The van der Waals surface area contributed by atoms with Crippen LogP contribution in [0.3, 0.4) is 0 Å². The van der Waals surface area contributed by atoms with Gasteiger partial charge in [-0.25, -0.2) is 22.8 Å². The van der Waals surface area contributed by atoms with Crippen molar-refractivity contribution in [2.24, 2.45) is 7.05 Å². The molecule has 0 saturated carbocycles. The van der Waals surface area contributed by atoms with Crippen LogP contribution in [0.15, 0.2) is 35.9 Å². The number of rotatable bonds is 3. The Bertz CT molecular complexity index is 1350. The van der Waals surface area contributed by atoms with Crippen molar-refractivity contribution in [3.63, 3.8) is 0 Å². The molecule has 4 heterocycles. The number of sulfonamides is 1. The molecule has 1 aliphatic rings. The lowest BCUT2D eigenvalue weighted by Crippen LogP contribution is -2.38. The zero-order valence-corrected chi connectivity index (χ0v) is 16.6. The summed E-state index contributed by atoms with van der Waals surface area (Å²) in [4.78, 5) is 11.2. The third-order valence-corrected chi connectivity index (χ3v) is 6.96. The molecule has 0 radical (unpaired) electrons. The number of hydrogen-bond acceptors (Lipinski definition) is 5. The first-order chi connectivity index (χ1) is 13.8. The second kappa shape index (κ2) is 6.22. The highest BCUT2D eigenvalue weighted by Crippen LogP contribution is 2.34. The molecule has 0 aliphatic carbocycles. The van der Waals surface area contributed by atoms with Gasteiger partial charge in [-0.15, -0.1) is 0 Å². The van der Waals surface area contributed by atoms with Gasteiger partial charge in [0.2, 0.25) is 0 Å². The molecule has 29 heavy (non-hydrogen) atoms. The van der Waals surface area contributed by atoms with E-state index in [0.29, 0.717) is 41.3 Å². The van der Waals surface area contributed by atoms with Crippen LogP contribution in [0.1, 0.15) is 11.4 Å². The Labute approximate surface area is 165 Å². The predicted molar refractivity (Wildman–Crippen MR) is 103 cm³/mol. The van der Waals surface area contributed by atoms with Gasteiger partial charge in [0.15, 0.2) is 5.82 Å². The first-order valence-electron chi connectivity index (χ1n) is 9.02. The second-order valence-corrected chi connectivity index (χ2v) is 9.00. The SMILES string of the molecule is Cc1cc(F)c2[nH]c(S(=O)(=O)N3CCn4ccnc4C3)cc2c1-c1ncn(C)n1. The van der Waals surface area contributed by atoms with Crippen molar-refractivity contribution in [2.75, 3.05) is 6.54 Å². The van der Waals surface area contributed by atoms with Crippen LogP contribution in [-0.4, -0.2) is 48.6 Å². The summed E-state index contributed by atoms with van der Waals surface area (Å²) in [7, 11) is -2.12. The molecule has 0 fully saturated rings. The van der Waals surface area contributed by atoms with Crippen LogP contribution < -0.4 is 0 Å². The van der Waals surface area contributed by atoms with E-state index in [1.54, 1.807) is 31.2 Å². The fraction of sp³-hybridized carbons (Fsp3) is 0.278. The minimum Gasteiger partial charge on any atom is -0.342 e. The van der Waals surface area contributed by atoms with Crippen LogP contribution in [0, 0.1) is 12.7 Å². The Morgan fingerprint density at radius 1 is 1.21 bits per heavy atom. The smallest absolute Gasteiger partial charge is 0.259 e. The average molecular weight is 415 g/mol. The van der Waals surface area contributed by atoms with Crippen LogP contribution in [0.2, 0.25) is 0 Å². The summed E-state index contributed by atoms with van der Waals surface area (Å²) in [5.41, 5.74) is 1.35. The van der Waals surface area contributed by atoms with E-state index in [9.17, 15) is 12.8 Å². The molecule has 0 atom stereocenters. The molecule has 1 aliphatic heterocycles. The van der Waals surface area contributed by atoms with E-state index in [1.807, 2.05) is 10.8 Å². The summed E-state index contributed by atoms with van der Waals surface area (Å²) in [6, 6.07) is 2.83. The molecule has 0 saturated heterocycles. The summed E-state index contributed by atoms with van der Waals surface area (Å²) in [5, 5.41) is 4.68. The Morgan fingerprint density at radius 3 is 2.79 bits per heavy atom. The van der Waals surface area contributed by atoms with Gasteiger partial charge in [-0.1, -0.05) is 0 Å². The summed E-state index contributed by atoms with van der Waals surface area (Å²) >= 11 is 0. The van der Waals surface area contributed by atoms with E-state index in [4.69, 9.17) is 0 Å². The quantitative estimate of drug-likeness (QED) is 0.550. The van der Waals surface area contributed by atoms with Crippen LogP contribution in [0.4, 0.5) is 4.39 Å². The number of fused-ring (bicyclic) bond motifs is 2. The van der Waals surface area contributed by atoms with Gasteiger partial charge in [-0.3, -0.25) is 4.68 Å². The van der Waals surface area contributed by atoms with Crippen molar-refractivity contribution in [3.05, 3.63) is 48.1 Å². The molecular weight excluding hydrogens is 397 g/mol. The zero-order valence-electron chi connectivity index (χ0n) is 15.8. The Hall–Kier alpha value is -3.05. The topological polar surface area (TPSA) is 102 Å². The number of benzene rings is 1. The highest BCUT2D eigenvalue weighted by atomic mass is 32.2. The Balaban J connectivity index is 1.64.